The van der Waals surface area contributed by atoms with Gasteiger partial charge in [-0.05, 0) is 24.7 Å². The molecule has 1 atom stereocenters. The van der Waals surface area contributed by atoms with Crippen molar-refractivity contribution in [2.75, 3.05) is 7.11 Å². The Kier molecular flexibility index (Phi) is 2.78. The molecule has 1 saturated heterocycles. The van der Waals surface area contributed by atoms with Gasteiger partial charge in [-0.1, -0.05) is 6.42 Å². The normalized spacial score (nSPS) is 30.3. The summed E-state index contributed by atoms with van der Waals surface area (Å²) in [4.78, 5) is 22.7. The molecule has 84 valence electrons. The van der Waals surface area contributed by atoms with Crippen molar-refractivity contribution in [1.29, 1.82) is 0 Å². The monoisotopic (exact) mass is 211 g/mol. The van der Waals surface area contributed by atoms with Gasteiger partial charge in [0.15, 0.2) is 0 Å². The van der Waals surface area contributed by atoms with Crippen LogP contribution >= 0.6 is 0 Å². The van der Waals surface area contributed by atoms with E-state index in [9.17, 15) is 9.59 Å². The van der Waals surface area contributed by atoms with E-state index < -0.39 is 0 Å². The van der Waals surface area contributed by atoms with Crippen LogP contribution in [0.15, 0.2) is 0 Å². The Hall–Kier alpha value is -0.900. The van der Waals surface area contributed by atoms with E-state index in [0.717, 1.165) is 25.7 Å². The summed E-state index contributed by atoms with van der Waals surface area (Å²) < 4.78 is 5.35. The highest BCUT2D eigenvalue weighted by molar-refractivity contribution is 5.98. The first-order valence-corrected chi connectivity index (χ1v) is 5.49. The van der Waals surface area contributed by atoms with Gasteiger partial charge in [0.2, 0.25) is 11.8 Å². The van der Waals surface area contributed by atoms with Gasteiger partial charge in [0.1, 0.15) is 0 Å². The predicted octanol–water partition coefficient (Wildman–Crippen LogP) is 0.998. The largest absolute Gasteiger partial charge is 0.381 e. The molecule has 2 amide bonds. The Morgan fingerprint density at radius 1 is 1.33 bits per heavy atom. The minimum atomic E-state index is -0.122. The van der Waals surface area contributed by atoms with Crippen molar-refractivity contribution in [2.45, 2.75) is 44.6 Å². The lowest BCUT2D eigenvalue weighted by Crippen LogP contribution is -2.47. The van der Waals surface area contributed by atoms with Crippen LogP contribution in [0.2, 0.25) is 0 Å². The number of piperidine rings is 1. The van der Waals surface area contributed by atoms with Crippen molar-refractivity contribution in [1.82, 2.24) is 5.32 Å². The predicted molar refractivity (Wildman–Crippen MR) is 54.1 cm³/mol. The molecular weight excluding hydrogens is 194 g/mol. The zero-order valence-electron chi connectivity index (χ0n) is 9.04. The number of carbonyl (C=O) groups excluding carboxylic acids is 2. The summed E-state index contributed by atoms with van der Waals surface area (Å²) in [7, 11) is 1.70. The lowest BCUT2D eigenvalue weighted by atomic mass is 9.67. The lowest BCUT2D eigenvalue weighted by molar-refractivity contribution is -0.140. The highest BCUT2D eigenvalue weighted by atomic mass is 16.5. The number of methoxy groups -OCH3 is 1. The van der Waals surface area contributed by atoms with Crippen molar-refractivity contribution < 1.29 is 14.3 Å². The van der Waals surface area contributed by atoms with Gasteiger partial charge in [0.25, 0.3) is 0 Å². The van der Waals surface area contributed by atoms with Crippen LogP contribution in [0.1, 0.15) is 38.5 Å². The summed E-state index contributed by atoms with van der Waals surface area (Å²) in [6.07, 6.45) is 5.12. The summed E-state index contributed by atoms with van der Waals surface area (Å²) in [5.41, 5.74) is -0.113. The summed E-state index contributed by atoms with van der Waals surface area (Å²) in [6.45, 7) is 0. The van der Waals surface area contributed by atoms with E-state index in [1.54, 1.807) is 7.11 Å². The minimum absolute atomic E-state index is 0.113. The number of hydrogen-bond acceptors (Lipinski definition) is 3. The van der Waals surface area contributed by atoms with Crippen LogP contribution in [0.25, 0.3) is 0 Å². The summed E-state index contributed by atoms with van der Waals surface area (Å²) >= 11 is 0. The van der Waals surface area contributed by atoms with E-state index in [2.05, 4.69) is 5.32 Å². The topological polar surface area (TPSA) is 55.4 Å². The fraction of sp³-hybridized carbons (Fsp3) is 0.818. The molecule has 1 saturated carbocycles. The van der Waals surface area contributed by atoms with Crippen LogP contribution in [0.3, 0.4) is 0 Å². The number of carbonyl (C=O) groups is 2. The third kappa shape index (κ3) is 2.20. The van der Waals surface area contributed by atoms with Crippen LogP contribution in [-0.2, 0) is 14.3 Å². The molecule has 1 aliphatic heterocycles. The molecule has 1 spiro atoms. The van der Waals surface area contributed by atoms with E-state index in [1.165, 1.54) is 0 Å². The third-order valence-electron chi connectivity index (χ3n) is 3.58. The lowest BCUT2D eigenvalue weighted by Gasteiger charge is -2.41. The Balaban J connectivity index is 2.10. The molecule has 0 aromatic carbocycles. The number of ether oxygens (including phenoxy) is 1. The third-order valence-corrected chi connectivity index (χ3v) is 3.58. The van der Waals surface area contributed by atoms with Gasteiger partial charge in [-0.2, -0.15) is 0 Å². The standard InChI is InChI=1S/C11H17NO3/c1-15-8-3-2-4-11(5-8)6-9(13)12-10(14)7-11/h8H,2-7H2,1H3,(H,12,13,14). The molecule has 1 aliphatic carbocycles. The first kappa shape index (κ1) is 10.6. The highest BCUT2D eigenvalue weighted by Gasteiger charge is 2.43. The molecule has 15 heavy (non-hydrogen) atoms. The van der Waals surface area contributed by atoms with Crippen LogP contribution < -0.4 is 5.32 Å². The Bertz CT molecular complexity index is 272. The number of imide groups is 1. The average molecular weight is 211 g/mol. The fourth-order valence-electron chi connectivity index (χ4n) is 2.90. The fourth-order valence-corrected chi connectivity index (χ4v) is 2.90. The second kappa shape index (κ2) is 3.93. The first-order valence-electron chi connectivity index (χ1n) is 5.49. The van der Waals surface area contributed by atoms with Crippen molar-refractivity contribution in [3.8, 4) is 0 Å². The molecular formula is C11H17NO3. The minimum Gasteiger partial charge on any atom is -0.381 e. The summed E-state index contributed by atoms with van der Waals surface area (Å²) in [6, 6.07) is 0. The number of amides is 2. The van der Waals surface area contributed by atoms with Crippen molar-refractivity contribution >= 4 is 11.8 Å². The molecule has 1 unspecified atom stereocenters. The maximum atomic E-state index is 11.4. The van der Waals surface area contributed by atoms with E-state index in [-0.39, 0.29) is 23.3 Å². The van der Waals surface area contributed by atoms with Crippen LogP contribution in [-0.4, -0.2) is 25.0 Å². The van der Waals surface area contributed by atoms with Crippen LogP contribution in [0, 0.1) is 5.41 Å². The van der Waals surface area contributed by atoms with E-state index in [0.29, 0.717) is 12.8 Å². The second-order valence-electron chi connectivity index (χ2n) is 4.78. The van der Waals surface area contributed by atoms with Crippen LogP contribution in [0.4, 0.5) is 0 Å². The van der Waals surface area contributed by atoms with Gasteiger partial charge >= 0.3 is 0 Å². The second-order valence-corrected chi connectivity index (χ2v) is 4.78. The average Bonchev–Trinajstić information content (AvgIpc) is 2.15. The Labute approximate surface area is 89.4 Å². The number of nitrogens with one attached hydrogen (secondary N) is 1. The molecule has 2 rings (SSSR count). The van der Waals surface area contributed by atoms with Gasteiger partial charge in [-0.25, -0.2) is 0 Å². The quantitative estimate of drug-likeness (QED) is 0.658. The number of hydrogen-bond donors (Lipinski definition) is 1. The number of rotatable bonds is 1. The van der Waals surface area contributed by atoms with Gasteiger partial charge in [0.05, 0.1) is 6.10 Å². The molecule has 1 N–H and O–H groups in total. The Morgan fingerprint density at radius 3 is 2.60 bits per heavy atom. The molecule has 0 aromatic heterocycles. The molecule has 0 bridgehead atoms. The Morgan fingerprint density at radius 2 is 2.00 bits per heavy atom. The molecule has 0 radical (unpaired) electrons. The molecule has 4 nitrogen and oxygen atoms in total. The molecule has 0 aromatic rings. The van der Waals surface area contributed by atoms with Crippen molar-refractivity contribution in [3.63, 3.8) is 0 Å². The maximum Gasteiger partial charge on any atom is 0.227 e. The van der Waals surface area contributed by atoms with Gasteiger partial charge < -0.3 is 4.74 Å². The van der Waals surface area contributed by atoms with E-state index in [1.807, 2.05) is 0 Å². The molecule has 2 aliphatic rings. The van der Waals surface area contributed by atoms with Gasteiger partial charge in [0, 0.05) is 20.0 Å². The molecule has 4 heteroatoms. The highest BCUT2D eigenvalue weighted by Crippen LogP contribution is 2.44. The van der Waals surface area contributed by atoms with Crippen LogP contribution in [0.5, 0.6) is 0 Å². The first-order chi connectivity index (χ1) is 7.13. The molecule has 2 fully saturated rings. The van der Waals surface area contributed by atoms with E-state index >= 15 is 0 Å². The zero-order chi connectivity index (χ0) is 10.9. The summed E-state index contributed by atoms with van der Waals surface area (Å²) in [5, 5.41) is 2.37. The zero-order valence-corrected chi connectivity index (χ0v) is 9.04. The van der Waals surface area contributed by atoms with Gasteiger partial charge in [-0.15, -0.1) is 0 Å². The van der Waals surface area contributed by atoms with E-state index in [4.69, 9.17) is 4.74 Å². The maximum absolute atomic E-state index is 11.4. The van der Waals surface area contributed by atoms with Gasteiger partial charge in [-0.3, -0.25) is 14.9 Å². The SMILES string of the molecule is COC1CCCC2(CC(=O)NC(=O)C2)C1. The smallest absolute Gasteiger partial charge is 0.227 e. The van der Waals surface area contributed by atoms with Crippen molar-refractivity contribution in [2.24, 2.45) is 5.41 Å². The van der Waals surface area contributed by atoms with Crippen molar-refractivity contribution in [3.05, 3.63) is 0 Å². The summed E-state index contributed by atoms with van der Waals surface area (Å²) in [5.74, 6) is -0.244. The molecule has 1 heterocycles.